The molecule has 0 aromatic carbocycles. The van der Waals surface area contributed by atoms with Crippen LogP contribution in [0.3, 0.4) is 0 Å². The van der Waals surface area contributed by atoms with Crippen molar-refractivity contribution in [2.45, 2.75) is 0 Å². The normalized spacial score (nSPS) is 11.3. The topological polar surface area (TPSA) is 101 Å². The van der Waals surface area contributed by atoms with E-state index in [2.05, 4.69) is 0 Å². The molecule has 0 saturated carbocycles. The molecule has 6 nitrogen and oxygen atoms in total. The molecule has 1 heterocycles. The summed E-state index contributed by atoms with van der Waals surface area (Å²) in [4.78, 5) is 20.2. The summed E-state index contributed by atoms with van der Waals surface area (Å²) in [5.41, 5.74) is 0. The van der Waals surface area contributed by atoms with Crippen molar-refractivity contribution in [1.82, 2.24) is 0 Å². The second kappa shape index (κ2) is 3.88. The van der Waals surface area contributed by atoms with Crippen LogP contribution < -0.4 is 0 Å². The lowest BCUT2D eigenvalue weighted by molar-refractivity contribution is -0.380. The van der Waals surface area contributed by atoms with Crippen LogP contribution in [0.5, 0.6) is 0 Å². The van der Waals surface area contributed by atoms with Gasteiger partial charge in [-0.05, 0) is 6.07 Å². The van der Waals surface area contributed by atoms with E-state index in [9.17, 15) is 14.9 Å². The van der Waals surface area contributed by atoms with E-state index in [1.807, 2.05) is 0 Å². The van der Waals surface area contributed by atoms with Crippen LogP contribution in [0.4, 0.5) is 5.00 Å². The molecule has 0 atom stereocenters. The quantitative estimate of drug-likeness (QED) is 0.345. The molecule has 0 saturated heterocycles. The maximum Gasteiger partial charge on any atom is 0.370 e. The number of aliphatic carboxylic acids is 1. The monoisotopic (exact) mass is 215 g/mol. The molecule has 74 valence electrons. The average Bonchev–Trinajstić information content (AvgIpc) is 2.52. The molecular weight excluding hydrogens is 210 g/mol. The van der Waals surface area contributed by atoms with Crippen molar-refractivity contribution in [1.29, 1.82) is 0 Å². The van der Waals surface area contributed by atoms with Crippen molar-refractivity contribution in [3.63, 3.8) is 0 Å². The second-order valence-electron chi connectivity index (χ2n) is 2.27. The van der Waals surface area contributed by atoms with E-state index in [0.717, 1.165) is 17.4 Å². The fourth-order valence-electron chi connectivity index (χ4n) is 0.714. The molecule has 0 unspecified atom stereocenters. The number of hydrogen-bond donors (Lipinski definition) is 2. The van der Waals surface area contributed by atoms with Gasteiger partial charge < -0.3 is 10.2 Å². The molecule has 0 aliphatic heterocycles. The lowest BCUT2D eigenvalue weighted by Gasteiger charge is -1.88. The Kier molecular flexibility index (Phi) is 2.82. The highest BCUT2D eigenvalue weighted by atomic mass is 32.1. The van der Waals surface area contributed by atoms with Crippen molar-refractivity contribution in [2.24, 2.45) is 0 Å². The van der Waals surface area contributed by atoms with Gasteiger partial charge in [0.25, 0.3) is 0 Å². The lowest BCUT2D eigenvalue weighted by Crippen LogP contribution is -1.97. The van der Waals surface area contributed by atoms with Crippen molar-refractivity contribution in [2.75, 3.05) is 0 Å². The lowest BCUT2D eigenvalue weighted by atomic mass is 10.4. The summed E-state index contributed by atoms with van der Waals surface area (Å²) in [6.45, 7) is 0. The van der Waals surface area contributed by atoms with Gasteiger partial charge in [-0.15, -0.1) is 0 Å². The number of aliphatic hydroxyl groups is 1. The molecule has 2 N–H and O–H groups in total. The maximum absolute atomic E-state index is 10.3. The molecule has 0 amide bonds. The van der Waals surface area contributed by atoms with E-state index in [4.69, 9.17) is 10.2 Å². The Balaban J connectivity index is 2.93. The van der Waals surface area contributed by atoms with E-state index in [1.54, 1.807) is 0 Å². The van der Waals surface area contributed by atoms with Gasteiger partial charge in [0.2, 0.25) is 5.76 Å². The number of nitrogens with zero attached hydrogens (tertiary/aromatic N) is 1. The Labute approximate surface area is 81.9 Å². The van der Waals surface area contributed by atoms with Crippen LogP contribution >= 0.6 is 11.3 Å². The van der Waals surface area contributed by atoms with Crippen LogP contribution in [-0.2, 0) is 4.79 Å². The third kappa shape index (κ3) is 2.30. The van der Waals surface area contributed by atoms with Crippen LogP contribution in [0.2, 0.25) is 0 Å². The average molecular weight is 215 g/mol. The molecule has 0 spiro atoms. The summed E-state index contributed by atoms with van der Waals surface area (Å²) in [6, 6.07) is 2.60. The predicted octanol–water partition coefficient (Wildman–Crippen LogP) is 1.64. The van der Waals surface area contributed by atoms with E-state index in [1.165, 1.54) is 12.1 Å². The van der Waals surface area contributed by atoms with E-state index in [0.29, 0.717) is 4.88 Å². The summed E-state index contributed by atoms with van der Waals surface area (Å²) in [7, 11) is 0. The first kappa shape index (κ1) is 10.2. The molecule has 0 bridgehead atoms. The van der Waals surface area contributed by atoms with Crippen molar-refractivity contribution >= 4 is 28.4 Å². The number of thiophene rings is 1. The van der Waals surface area contributed by atoms with Gasteiger partial charge >= 0.3 is 11.0 Å². The van der Waals surface area contributed by atoms with E-state index < -0.39 is 16.7 Å². The highest BCUT2D eigenvalue weighted by molar-refractivity contribution is 7.16. The first-order chi connectivity index (χ1) is 6.50. The van der Waals surface area contributed by atoms with Gasteiger partial charge in [0.15, 0.2) is 0 Å². The summed E-state index contributed by atoms with van der Waals surface area (Å²) in [5.74, 6) is -2.32. The largest absolute Gasteiger partial charge is 0.502 e. The third-order valence-corrected chi connectivity index (χ3v) is 2.27. The summed E-state index contributed by atoms with van der Waals surface area (Å²) >= 11 is 0.788. The molecule has 7 heteroatoms. The number of hydrogen-bond acceptors (Lipinski definition) is 5. The molecule has 0 radical (unpaired) electrons. The van der Waals surface area contributed by atoms with Gasteiger partial charge in [-0.1, -0.05) is 11.3 Å². The zero-order valence-electron chi connectivity index (χ0n) is 6.71. The first-order valence-corrected chi connectivity index (χ1v) is 4.20. The van der Waals surface area contributed by atoms with Gasteiger partial charge in [0.1, 0.15) is 0 Å². The van der Waals surface area contributed by atoms with Gasteiger partial charge in [-0.3, -0.25) is 10.1 Å². The van der Waals surface area contributed by atoms with Gasteiger partial charge in [0, 0.05) is 17.0 Å². The Hall–Kier alpha value is -1.89. The zero-order chi connectivity index (χ0) is 10.7. The first-order valence-electron chi connectivity index (χ1n) is 3.39. The zero-order valence-corrected chi connectivity index (χ0v) is 7.52. The van der Waals surface area contributed by atoms with Crippen LogP contribution in [0.25, 0.3) is 6.08 Å². The third-order valence-electron chi connectivity index (χ3n) is 1.29. The van der Waals surface area contributed by atoms with Crippen molar-refractivity contribution in [3.8, 4) is 0 Å². The Morgan fingerprint density at radius 1 is 1.50 bits per heavy atom. The summed E-state index contributed by atoms with van der Waals surface area (Å²) in [5, 5.41) is 27.3. The van der Waals surface area contributed by atoms with Crippen LogP contribution in [-0.4, -0.2) is 21.1 Å². The molecule has 0 aliphatic rings. The number of carboxylic acids is 1. The highest BCUT2D eigenvalue weighted by Crippen LogP contribution is 2.25. The number of aliphatic hydroxyl groups excluding tert-OH is 1. The fourth-order valence-corrected chi connectivity index (χ4v) is 1.47. The van der Waals surface area contributed by atoms with Crippen molar-refractivity contribution in [3.05, 3.63) is 32.9 Å². The van der Waals surface area contributed by atoms with Crippen molar-refractivity contribution < 1.29 is 19.9 Å². The van der Waals surface area contributed by atoms with Crippen LogP contribution in [0, 0.1) is 10.1 Å². The maximum atomic E-state index is 10.3. The smallest absolute Gasteiger partial charge is 0.370 e. The van der Waals surface area contributed by atoms with E-state index in [-0.39, 0.29) is 5.00 Å². The molecule has 0 fully saturated rings. The standard InChI is InChI=1S/C7H5NO5S/c9-5(7(10)11)3-4-1-2-6(14-4)8(12)13/h1-3,9H,(H,10,11). The van der Waals surface area contributed by atoms with Crippen LogP contribution in [0.1, 0.15) is 4.88 Å². The van der Waals surface area contributed by atoms with Gasteiger partial charge in [-0.2, -0.15) is 0 Å². The fraction of sp³-hybridized carbons (Fsp3) is 0. The molecule has 14 heavy (non-hydrogen) atoms. The summed E-state index contributed by atoms with van der Waals surface area (Å²) in [6.07, 6.45) is 0.958. The minimum atomic E-state index is -1.47. The second-order valence-corrected chi connectivity index (χ2v) is 3.36. The van der Waals surface area contributed by atoms with Crippen LogP contribution in [0.15, 0.2) is 17.9 Å². The number of nitro groups is 1. The minimum absolute atomic E-state index is 0.102. The molecule has 1 aromatic heterocycles. The number of rotatable bonds is 3. The Bertz CT molecular complexity index is 408. The molecular formula is C7H5NO5S. The SMILES string of the molecule is O=C(O)C(O)=Cc1ccc([N+](=O)[O-])s1. The highest BCUT2D eigenvalue weighted by Gasteiger charge is 2.10. The van der Waals surface area contributed by atoms with Gasteiger partial charge in [-0.25, -0.2) is 4.79 Å². The molecule has 1 aromatic rings. The number of carboxylic acid groups (broad SMARTS) is 1. The van der Waals surface area contributed by atoms with Gasteiger partial charge in [0.05, 0.1) is 4.92 Å². The number of carbonyl (C=O) groups is 1. The Morgan fingerprint density at radius 3 is 2.57 bits per heavy atom. The molecule has 1 rings (SSSR count). The molecule has 0 aliphatic carbocycles. The minimum Gasteiger partial charge on any atom is -0.502 e. The Morgan fingerprint density at radius 2 is 2.14 bits per heavy atom. The van der Waals surface area contributed by atoms with E-state index >= 15 is 0 Å². The predicted molar refractivity (Wildman–Crippen MR) is 49.2 cm³/mol. The summed E-state index contributed by atoms with van der Waals surface area (Å²) < 4.78 is 0.